The van der Waals surface area contributed by atoms with Crippen molar-refractivity contribution in [1.29, 1.82) is 0 Å². The third-order valence-corrected chi connectivity index (χ3v) is 2.88. The molecule has 0 aliphatic carbocycles. The quantitative estimate of drug-likeness (QED) is 0.712. The first-order chi connectivity index (χ1) is 9.04. The van der Waals surface area contributed by atoms with E-state index in [0.717, 1.165) is 0 Å². The molecule has 0 bridgehead atoms. The van der Waals surface area contributed by atoms with E-state index in [9.17, 15) is 4.79 Å². The van der Waals surface area contributed by atoms with Gasteiger partial charge in [-0.1, -0.05) is 13.8 Å². The highest BCUT2D eigenvalue weighted by molar-refractivity contribution is 6.00. The van der Waals surface area contributed by atoms with E-state index in [0.29, 0.717) is 23.7 Å². The van der Waals surface area contributed by atoms with Crippen molar-refractivity contribution in [1.82, 2.24) is 0 Å². The van der Waals surface area contributed by atoms with Gasteiger partial charge in [0.2, 0.25) is 0 Å². The van der Waals surface area contributed by atoms with Crippen molar-refractivity contribution >= 4 is 5.78 Å². The Hall–Kier alpha value is -1.55. The fourth-order valence-corrected chi connectivity index (χ4v) is 1.90. The van der Waals surface area contributed by atoms with Crippen LogP contribution in [0.4, 0.5) is 0 Å². The van der Waals surface area contributed by atoms with Gasteiger partial charge in [-0.2, -0.15) is 0 Å². The second-order valence-corrected chi connectivity index (χ2v) is 4.55. The summed E-state index contributed by atoms with van der Waals surface area (Å²) >= 11 is 0. The Labute approximate surface area is 114 Å². The van der Waals surface area contributed by atoms with Crippen molar-refractivity contribution in [3.63, 3.8) is 0 Å². The number of rotatable bonds is 7. The summed E-state index contributed by atoms with van der Waals surface area (Å²) in [7, 11) is 3.12. The maximum atomic E-state index is 12.4. The van der Waals surface area contributed by atoms with E-state index in [1.807, 2.05) is 20.8 Å². The first kappa shape index (κ1) is 15.5. The van der Waals surface area contributed by atoms with Gasteiger partial charge in [-0.3, -0.25) is 4.79 Å². The minimum absolute atomic E-state index is 0.0298. The fourth-order valence-electron chi connectivity index (χ4n) is 1.90. The average molecular weight is 266 g/mol. The third kappa shape index (κ3) is 3.70. The summed E-state index contributed by atoms with van der Waals surface area (Å²) in [6.07, 6.45) is -0.428. The molecule has 4 nitrogen and oxygen atoms in total. The molecule has 1 unspecified atom stereocenters. The maximum Gasteiger partial charge on any atom is 0.191 e. The molecule has 0 heterocycles. The molecule has 1 atom stereocenters. The average Bonchev–Trinajstić information content (AvgIpc) is 2.42. The number of carbonyl (C=O) groups is 1. The molecule has 0 aromatic heterocycles. The summed E-state index contributed by atoms with van der Waals surface area (Å²) in [5.41, 5.74) is 0.574. The Morgan fingerprint density at radius 1 is 1.16 bits per heavy atom. The van der Waals surface area contributed by atoms with Gasteiger partial charge in [0.1, 0.15) is 6.10 Å². The van der Waals surface area contributed by atoms with Crippen molar-refractivity contribution < 1.29 is 19.0 Å². The Bertz CT molecular complexity index is 426. The lowest BCUT2D eigenvalue weighted by atomic mass is 9.97. The molecule has 0 saturated carbocycles. The van der Waals surface area contributed by atoms with Crippen LogP contribution in [0.3, 0.4) is 0 Å². The van der Waals surface area contributed by atoms with E-state index in [4.69, 9.17) is 14.2 Å². The van der Waals surface area contributed by atoms with Crippen molar-refractivity contribution in [3.05, 3.63) is 23.8 Å². The van der Waals surface area contributed by atoms with Gasteiger partial charge in [0.05, 0.1) is 14.2 Å². The summed E-state index contributed by atoms with van der Waals surface area (Å²) in [4.78, 5) is 12.4. The summed E-state index contributed by atoms with van der Waals surface area (Å²) in [6.45, 7) is 6.34. The van der Waals surface area contributed by atoms with Crippen LogP contribution in [-0.4, -0.2) is 32.7 Å². The van der Waals surface area contributed by atoms with E-state index in [1.165, 1.54) is 0 Å². The monoisotopic (exact) mass is 266 g/mol. The number of methoxy groups -OCH3 is 2. The molecular formula is C15H22O4. The minimum atomic E-state index is -0.428. The number of carbonyl (C=O) groups excluding carboxylic acids is 1. The summed E-state index contributed by atoms with van der Waals surface area (Å²) in [6, 6.07) is 5.16. The van der Waals surface area contributed by atoms with Crippen molar-refractivity contribution in [2.45, 2.75) is 26.9 Å². The molecule has 0 amide bonds. The second kappa shape index (κ2) is 7.14. The molecule has 0 aliphatic heterocycles. The van der Waals surface area contributed by atoms with E-state index in [1.54, 1.807) is 32.4 Å². The number of Topliss-reactive ketones (excluding diaryl/α,β-unsaturated/α-hetero) is 1. The molecular weight excluding hydrogens is 244 g/mol. The van der Waals surface area contributed by atoms with Crippen LogP contribution in [0.5, 0.6) is 11.5 Å². The first-order valence-corrected chi connectivity index (χ1v) is 6.43. The van der Waals surface area contributed by atoms with Gasteiger partial charge in [0.25, 0.3) is 0 Å². The maximum absolute atomic E-state index is 12.4. The predicted molar refractivity (Wildman–Crippen MR) is 74.1 cm³/mol. The van der Waals surface area contributed by atoms with Gasteiger partial charge in [0, 0.05) is 12.2 Å². The van der Waals surface area contributed by atoms with Crippen LogP contribution in [-0.2, 0) is 4.74 Å². The highest BCUT2D eigenvalue weighted by atomic mass is 16.5. The van der Waals surface area contributed by atoms with Crippen LogP contribution in [0.2, 0.25) is 0 Å². The molecule has 19 heavy (non-hydrogen) atoms. The Kier molecular flexibility index (Phi) is 5.83. The molecule has 1 rings (SSSR count). The normalized spacial score (nSPS) is 12.3. The number of hydrogen-bond donors (Lipinski definition) is 0. The molecule has 0 saturated heterocycles. The molecule has 106 valence electrons. The molecule has 1 aromatic carbocycles. The van der Waals surface area contributed by atoms with Crippen LogP contribution in [0.1, 0.15) is 31.1 Å². The van der Waals surface area contributed by atoms with E-state index in [-0.39, 0.29) is 11.7 Å². The first-order valence-electron chi connectivity index (χ1n) is 6.43. The molecule has 0 radical (unpaired) electrons. The van der Waals surface area contributed by atoms with Gasteiger partial charge >= 0.3 is 0 Å². The third-order valence-electron chi connectivity index (χ3n) is 2.88. The molecule has 0 aliphatic rings. The van der Waals surface area contributed by atoms with E-state index in [2.05, 4.69) is 0 Å². The Balaban J connectivity index is 3.04. The van der Waals surface area contributed by atoms with Crippen LogP contribution < -0.4 is 9.47 Å². The predicted octanol–water partition coefficient (Wildman–Crippen LogP) is 2.95. The zero-order valence-electron chi connectivity index (χ0n) is 12.2. The lowest BCUT2D eigenvalue weighted by molar-refractivity contribution is 0.0279. The van der Waals surface area contributed by atoms with Gasteiger partial charge < -0.3 is 14.2 Å². The lowest BCUT2D eigenvalue weighted by Gasteiger charge is -2.20. The largest absolute Gasteiger partial charge is 0.493 e. The molecule has 0 fully saturated rings. The molecule has 0 spiro atoms. The van der Waals surface area contributed by atoms with Crippen LogP contribution in [0.15, 0.2) is 18.2 Å². The standard InChI is InChI=1S/C15H22O4/c1-6-19-15(10(2)3)14(16)11-7-8-12(17-4)13(9-11)18-5/h7-10,15H,6H2,1-5H3. The zero-order chi connectivity index (χ0) is 14.4. The number of ether oxygens (including phenoxy) is 3. The molecule has 0 N–H and O–H groups in total. The number of hydrogen-bond acceptors (Lipinski definition) is 4. The highest BCUT2D eigenvalue weighted by Crippen LogP contribution is 2.28. The topological polar surface area (TPSA) is 44.8 Å². The number of benzene rings is 1. The van der Waals surface area contributed by atoms with Gasteiger partial charge in [-0.15, -0.1) is 0 Å². The van der Waals surface area contributed by atoms with E-state index < -0.39 is 6.10 Å². The van der Waals surface area contributed by atoms with Gasteiger partial charge in [0.15, 0.2) is 17.3 Å². The summed E-state index contributed by atoms with van der Waals surface area (Å²) in [5.74, 6) is 1.25. The van der Waals surface area contributed by atoms with Crippen LogP contribution >= 0.6 is 0 Å². The summed E-state index contributed by atoms with van der Waals surface area (Å²) in [5, 5.41) is 0. The minimum Gasteiger partial charge on any atom is -0.493 e. The van der Waals surface area contributed by atoms with Gasteiger partial charge in [-0.05, 0) is 31.0 Å². The molecule has 4 heteroatoms. The van der Waals surface area contributed by atoms with E-state index >= 15 is 0 Å². The van der Waals surface area contributed by atoms with Crippen LogP contribution in [0.25, 0.3) is 0 Å². The van der Waals surface area contributed by atoms with Crippen molar-refractivity contribution in [3.8, 4) is 11.5 Å². The summed E-state index contributed by atoms with van der Waals surface area (Å²) < 4.78 is 15.9. The smallest absolute Gasteiger partial charge is 0.191 e. The highest BCUT2D eigenvalue weighted by Gasteiger charge is 2.24. The molecule has 1 aromatic rings. The number of ketones is 1. The van der Waals surface area contributed by atoms with Gasteiger partial charge in [-0.25, -0.2) is 0 Å². The Morgan fingerprint density at radius 2 is 1.79 bits per heavy atom. The van der Waals surface area contributed by atoms with Crippen molar-refractivity contribution in [2.24, 2.45) is 5.92 Å². The van der Waals surface area contributed by atoms with Crippen molar-refractivity contribution in [2.75, 3.05) is 20.8 Å². The Morgan fingerprint density at radius 3 is 2.26 bits per heavy atom. The lowest BCUT2D eigenvalue weighted by Crippen LogP contribution is -2.29. The SMILES string of the molecule is CCOC(C(=O)c1ccc(OC)c(OC)c1)C(C)C. The zero-order valence-corrected chi connectivity index (χ0v) is 12.2. The van der Waals surface area contributed by atoms with Crippen LogP contribution in [0, 0.1) is 5.92 Å². The second-order valence-electron chi connectivity index (χ2n) is 4.55. The fraction of sp³-hybridized carbons (Fsp3) is 0.533.